The molecule has 0 unspecified atom stereocenters. The van der Waals surface area contributed by atoms with E-state index in [0.717, 1.165) is 5.56 Å². The van der Waals surface area contributed by atoms with E-state index in [9.17, 15) is 0 Å². The van der Waals surface area contributed by atoms with Gasteiger partial charge in [0.2, 0.25) is 0 Å². The average molecular weight is 240 g/mol. The Morgan fingerprint density at radius 1 is 1.17 bits per heavy atom. The van der Waals surface area contributed by atoms with Crippen LogP contribution >= 0.6 is 0 Å². The van der Waals surface area contributed by atoms with Gasteiger partial charge in [-0.15, -0.1) is 0 Å². The summed E-state index contributed by atoms with van der Waals surface area (Å²) in [5, 5.41) is 18.1. The van der Waals surface area contributed by atoms with Gasteiger partial charge in [-0.3, -0.25) is 0 Å². The van der Waals surface area contributed by atoms with Crippen LogP contribution in [0.25, 0.3) is 0 Å². The molecule has 0 heterocycles. The van der Waals surface area contributed by atoms with Crippen LogP contribution in [0.5, 0.6) is 11.5 Å². The van der Waals surface area contributed by atoms with Crippen molar-refractivity contribution in [3.05, 3.63) is 53.6 Å². The van der Waals surface area contributed by atoms with Crippen LogP contribution in [0, 0.1) is 11.3 Å². The number of benzene rings is 2. The molecule has 0 saturated heterocycles. The minimum Gasteiger partial charge on any atom is -0.508 e. The summed E-state index contributed by atoms with van der Waals surface area (Å²) in [4.78, 5) is 0. The summed E-state index contributed by atoms with van der Waals surface area (Å²) in [5.74, 6) is 0.712. The largest absolute Gasteiger partial charge is 0.508 e. The Morgan fingerprint density at radius 2 is 1.89 bits per heavy atom. The number of phenols is 1. The van der Waals surface area contributed by atoms with Gasteiger partial charge in [-0.2, -0.15) is 5.26 Å². The third kappa shape index (κ3) is 2.71. The van der Waals surface area contributed by atoms with Gasteiger partial charge in [-0.25, -0.2) is 0 Å². The Balaban J connectivity index is 2.11. The smallest absolute Gasteiger partial charge is 0.137 e. The van der Waals surface area contributed by atoms with Gasteiger partial charge in [0.1, 0.15) is 24.2 Å². The Morgan fingerprint density at radius 3 is 2.56 bits per heavy atom. The van der Waals surface area contributed by atoms with E-state index in [0.29, 0.717) is 23.6 Å². The lowest BCUT2D eigenvalue weighted by atomic mass is 10.2. The molecule has 0 aromatic heterocycles. The van der Waals surface area contributed by atoms with Crippen molar-refractivity contribution in [3.63, 3.8) is 0 Å². The summed E-state index contributed by atoms with van der Waals surface area (Å²) in [6.45, 7) is 0.332. The number of nitrogens with two attached hydrogens (primary N) is 1. The molecule has 0 bridgehead atoms. The number of nitrogen functional groups attached to an aromatic ring is 1. The van der Waals surface area contributed by atoms with E-state index >= 15 is 0 Å². The second-order valence-corrected chi connectivity index (χ2v) is 3.82. The zero-order valence-corrected chi connectivity index (χ0v) is 9.63. The van der Waals surface area contributed by atoms with E-state index in [1.807, 2.05) is 6.07 Å². The SMILES string of the molecule is N#Cc1cc(N)ccc1OCc1ccc(O)cc1. The maximum atomic E-state index is 9.16. The lowest BCUT2D eigenvalue weighted by molar-refractivity contribution is 0.305. The number of phenolic OH excluding ortho intramolecular Hbond substituents is 1. The summed E-state index contributed by atoms with van der Waals surface area (Å²) in [7, 11) is 0. The van der Waals surface area contributed by atoms with Crippen molar-refractivity contribution in [2.45, 2.75) is 6.61 Å². The molecule has 0 radical (unpaired) electrons. The molecule has 90 valence electrons. The van der Waals surface area contributed by atoms with Crippen molar-refractivity contribution in [2.24, 2.45) is 0 Å². The van der Waals surface area contributed by atoms with Crippen LogP contribution in [-0.4, -0.2) is 5.11 Å². The molecule has 0 atom stereocenters. The highest BCUT2D eigenvalue weighted by molar-refractivity contribution is 5.53. The molecule has 3 N–H and O–H groups in total. The minimum absolute atomic E-state index is 0.212. The lowest BCUT2D eigenvalue weighted by Crippen LogP contribution is -1.98. The van der Waals surface area contributed by atoms with E-state index in [4.69, 9.17) is 20.8 Å². The molecule has 0 aliphatic rings. The van der Waals surface area contributed by atoms with E-state index in [2.05, 4.69) is 0 Å². The van der Waals surface area contributed by atoms with Gasteiger partial charge in [0.25, 0.3) is 0 Å². The highest BCUT2D eigenvalue weighted by Gasteiger charge is 2.04. The van der Waals surface area contributed by atoms with Gasteiger partial charge in [-0.05, 0) is 35.9 Å². The first kappa shape index (κ1) is 11.8. The van der Waals surface area contributed by atoms with Crippen LogP contribution in [0.3, 0.4) is 0 Å². The maximum absolute atomic E-state index is 9.16. The molecule has 0 aliphatic carbocycles. The van der Waals surface area contributed by atoms with Gasteiger partial charge in [0.15, 0.2) is 0 Å². The fraction of sp³-hybridized carbons (Fsp3) is 0.0714. The number of rotatable bonds is 3. The number of nitrogens with zero attached hydrogens (tertiary/aromatic N) is 1. The molecule has 2 aromatic carbocycles. The molecule has 4 heteroatoms. The molecule has 0 spiro atoms. The van der Waals surface area contributed by atoms with E-state index < -0.39 is 0 Å². The van der Waals surface area contributed by atoms with E-state index in [1.54, 1.807) is 42.5 Å². The van der Waals surface area contributed by atoms with Crippen LogP contribution < -0.4 is 10.5 Å². The molecule has 0 fully saturated rings. The summed E-state index contributed by atoms with van der Waals surface area (Å²) in [6.07, 6.45) is 0. The third-order valence-electron chi connectivity index (χ3n) is 2.45. The van der Waals surface area contributed by atoms with Gasteiger partial charge in [-0.1, -0.05) is 12.1 Å². The number of nitriles is 1. The molecule has 2 rings (SSSR count). The average Bonchev–Trinajstić information content (AvgIpc) is 2.39. The summed E-state index contributed by atoms with van der Waals surface area (Å²) in [5.41, 5.74) is 7.45. The first-order valence-electron chi connectivity index (χ1n) is 5.39. The molecule has 0 aliphatic heterocycles. The molecule has 0 saturated carbocycles. The summed E-state index contributed by atoms with van der Waals surface area (Å²) >= 11 is 0. The second kappa shape index (κ2) is 5.11. The minimum atomic E-state index is 0.212. The van der Waals surface area contributed by atoms with Gasteiger partial charge >= 0.3 is 0 Å². The third-order valence-corrected chi connectivity index (χ3v) is 2.45. The van der Waals surface area contributed by atoms with Crippen molar-refractivity contribution in [3.8, 4) is 17.6 Å². The molecular formula is C14H12N2O2. The van der Waals surface area contributed by atoms with Crippen LogP contribution in [0.4, 0.5) is 5.69 Å². The van der Waals surface area contributed by atoms with Crippen LogP contribution in [0.2, 0.25) is 0 Å². The van der Waals surface area contributed by atoms with E-state index in [1.165, 1.54) is 0 Å². The highest BCUT2D eigenvalue weighted by atomic mass is 16.5. The molecule has 18 heavy (non-hydrogen) atoms. The Bertz CT molecular complexity index is 586. The molecular weight excluding hydrogens is 228 g/mol. The lowest BCUT2D eigenvalue weighted by Gasteiger charge is -2.08. The van der Waals surface area contributed by atoms with Gasteiger partial charge in [0, 0.05) is 5.69 Å². The monoisotopic (exact) mass is 240 g/mol. The zero-order chi connectivity index (χ0) is 13.0. The van der Waals surface area contributed by atoms with Crippen LogP contribution in [-0.2, 0) is 6.61 Å². The number of anilines is 1. The number of ether oxygens (including phenoxy) is 1. The summed E-state index contributed by atoms with van der Waals surface area (Å²) in [6, 6.07) is 13.7. The predicted octanol–water partition coefficient (Wildman–Crippen LogP) is 2.43. The Kier molecular flexibility index (Phi) is 3.35. The number of aromatic hydroxyl groups is 1. The van der Waals surface area contributed by atoms with E-state index in [-0.39, 0.29) is 5.75 Å². The van der Waals surface area contributed by atoms with Crippen molar-refractivity contribution in [1.29, 1.82) is 5.26 Å². The second-order valence-electron chi connectivity index (χ2n) is 3.82. The zero-order valence-electron chi connectivity index (χ0n) is 9.63. The molecule has 2 aromatic rings. The number of hydrogen-bond donors (Lipinski definition) is 2. The maximum Gasteiger partial charge on any atom is 0.137 e. The fourth-order valence-electron chi connectivity index (χ4n) is 1.51. The fourth-order valence-corrected chi connectivity index (χ4v) is 1.51. The first-order chi connectivity index (χ1) is 8.69. The standard InChI is InChI=1S/C14H12N2O2/c15-8-11-7-12(16)3-6-14(11)18-9-10-1-4-13(17)5-2-10/h1-7,17H,9,16H2. The topological polar surface area (TPSA) is 79.3 Å². The highest BCUT2D eigenvalue weighted by Crippen LogP contribution is 2.21. The predicted molar refractivity (Wildman–Crippen MR) is 68.0 cm³/mol. The normalized spacial score (nSPS) is 9.72. The van der Waals surface area contributed by atoms with Crippen molar-refractivity contribution in [1.82, 2.24) is 0 Å². The Labute approximate surface area is 105 Å². The number of hydrogen-bond acceptors (Lipinski definition) is 4. The van der Waals surface area contributed by atoms with Crippen LogP contribution in [0.15, 0.2) is 42.5 Å². The summed E-state index contributed by atoms with van der Waals surface area (Å²) < 4.78 is 5.55. The molecule has 4 nitrogen and oxygen atoms in total. The Hall–Kier alpha value is -2.67. The van der Waals surface area contributed by atoms with Crippen molar-refractivity contribution < 1.29 is 9.84 Å². The first-order valence-corrected chi connectivity index (χ1v) is 5.39. The quantitative estimate of drug-likeness (QED) is 0.807. The van der Waals surface area contributed by atoms with Crippen molar-refractivity contribution in [2.75, 3.05) is 5.73 Å². The van der Waals surface area contributed by atoms with Gasteiger partial charge in [0.05, 0.1) is 5.56 Å². The van der Waals surface area contributed by atoms with Crippen LogP contribution in [0.1, 0.15) is 11.1 Å². The van der Waals surface area contributed by atoms with Crippen molar-refractivity contribution >= 4 is 5.69 Å². The van der Waals surface area contributed by atoms with Gasteiger partial charge < -0.3 is 15.6 Å². The molecule has 0 amide bonds.